The highest BCUT2D eigenvalue weighted by Crippen LogP contribution is 2.24. The van der Waals surface area contributed by atoms with Crippen LogP contribution in [0.15, 0.2) is 24.3 Å². The third kappa shape index (κ3) is 2.35. The van der Waals surface area contributed by atoms with Gasteiger partial charge in [-0.2, -0.15) is 0 Å². The molecule has 1 heterocycles. The Morgan fingerprint density at radius 1 is 1.25 bits per heavy atom. The molecule has 0 saturated carbocycles. The van der Waals surface area contributed by atoms with E-state index in [9.17, 15) is 0 Å². The Balaban J connectivity index is 2.53. The van der Waals surface area contributed by atoms with Gasteiger partial charge in [-0.05, 0) is 36.3 Å². The van der Waals surface area contributed by atoms with Crippen molar-refractivity contribution in [2.24, 2.45) is 5.92 Å². The van der Waals surface area contributed by atoms with E-state index in [2.05, 4.69) is 43.1 Å². The van der Waals surface area contributed by atoms with Gasteiger partial charge in [0.15, 0.2) is 0 Å². The van der Waals surface area contributed by atoms with Gasteiger partial charge >= 0.3 is 0 Å². The van der Waals surface area contributed by atoms with Gasteiger partial charge in [0.2, 0.25) is 0 Å². The van der Waals surface area contributed by atoms with Crippen LogP contribution in [-0.4, -0.2) is 4.98 Å². The largest absolute Gasteiger partial charge is 0.241 e. The number of benzene rings is 1. The SMILES string of the molecule is Cc1cc2cc(CC(C)C)ccc2c(Cl)n1. The number of fused-ring (bicyclic) bond motifs is 1. The van der Waals surface area contributed by atoms with Gasteiger partial charge in [-0.3, -0.25) is 0 Å². The number of aromatic nitrogens is 1. The number of nitrogens with zero attached hydrogens (tertiary/aromatic N) is 1. The Bertz CT molecular complexity index is 517. The van der Waals surface area contributed by atoms with Crippen molar-refractivity contribution in [3.8, 4) is 0 Å². The lowest BCUT2D eigenvalue weighted by Crippen LogP contribution is -1.94. The lowest BCUT2D eigenvalue weighted by atomic mass is 10.0. The summed E-state index contributed by atoms with van der Waals surface area (Å²) < 4.78 is 0. The molecule has 0 fully saturated rings. The number of aryl methyl sites for hydroxylation is 1. The van der Waals surface area contributed by atoms with Crippen LogP contribution in [0.3, 0.4) is 0 Å². The Morgan fingerprint density at radius 3 is 2.69 bits per heavy atom. The molecule has 2 rings (SSSR count). The topological polar surface area (TPSA) is 12.9 Å². The molecule has 0 atom stereocenters. The normalized spacial score (nSPS) is 11.3. The van der Waals surface area contributed by atoms with E-state index in [4.69, 9.17) is 11.6 Å². The van der Waals surface area contributed by atoms with E-state index in [0.717, 1.165) is 17.5 Å². The summed E-state index contributed by atoms with van der Waals surface area (Å²) in [6.07, 6.45) is 1.11. The van der Waals surface area contributed by atoms with Gasteiger partial charge in [0.25, 0.3) is 0 Å². The van der Waals surface area contributed by atoms with Crippen molar-refractivity contribution in [1.82, 2.24) is 4.98 Å². The van der Waals surface area contributed by atoms with Crippen molar-refractivity contribution < 1.29 is 0 Å². The molecule has 0 N–H and O–H groups in total. The van der Waals surface area contributed by atoms with Crippen molar-refractivity contribution in [2.75, 3.05) is 0 Å². The van der Waals surface area contributed by atoms with Gasteiger partial charge in [0.1, 0.15) is 5.15 Å². The minimum absolute atomic E-state index is 0.603. The average molecular weight is 234 g/mol. The number of halogens is 1. The second-order valence-electron chi connectivity index (χ2n) is 4.71. The minimum Gasteiger partial charge on any atom is -0.241 e. The fraction of sp³-hybridized carbons (Fsp3) is 0.357. The van der Waals surface area contributed by atoms with Crippen molar-refractivity contribution >= 4 is 22.4 Å². The summed E-state index contributed by atoms with van der Waals surface area (Å²) >= 11 is 6.11. The van der Waals surface area contributed by atoms with E-state index in [1.807, 2.05) is 6.92 Å². The molecule has 16 heavy (non-hydrogen) atoms. The van der Waals surface area contributed by atoms with Crippen molar-refractivity contribution in [2.45, 2.75) is 27.2 Å². The van der Waals surface area contributed by atoms with Crippen LogP contribution in [-0.2, 0) is 6.42 Å². The summed E-state index contributed by atoms with van der Waals surface area (Å²) in [6, 6.07) is 8.52. The molecular weight excluding hydrogens is 218 g/mol. The highest BCUT2D eigenvalue weighted by Gasteiger charge is 2.04. The monoisotopic (exact) mass is 233 g/mol. The third-order valence-electron chi connectivity index (χ3n) is 2.62. The van der Waals surface area contributed by atoms with Crippen LogP contribution in [0.4, 0.5) is 0 Å². The maximum Gasteiger partial charge on any atom is 0.137 e. The van der Waals surface area contributed by atoms with Gasteiger partial charge in [0, 0.05) is 11.1 Å². The highest BCUT2D eigenvalue weighted by atomic mass is 35.5. The lowest BCUT2D eigenvalue weighted by molar-refractivity contribution is 0.648. The molecule has 0 spiro atoms. The molecule has 1 nitrogen and oxygen atoms in total. The zero-order valence-corrected chi connectivity index (χ0v) is 10.7. The molecule has 0 aliphatic heterocycles. The van der Waals surface area contributed by atoms with E-state index >= 15 is 0 Å². The smallest absolute Gasteiger partial charge is 0.137 e. The predicted octanol–water partition coefficient (Wildman–Crippen LogP) is 4.40. The first-order valence-corrected chi connectivity index (χ1v) is 6.00. The quantitative estimate of drug-likeness (QED) is 0.701. The minimum atomic E-state index is 0.603. The molecule has 2 heteroatoms. The summed E-state index contributed by atoms with van der Waals surface area (Å²) in [5, 5.41) is 2.83. The van der Waals surface area contributed by atoms with Crippen molar-refractivity contribution in [3.63, 3.8) is 0 Å². The first-order valence-electron chi connectivity index (χ1n) is 5.62. The van der Waals surface area contributed by atoms with Crippen LogP contribution >= 0.6 is 11.6 Å². The van der Waals surface area contributed by atoms with Crippen molar-refractivity contribution in [1.29, 1.82) is 0 Å². The van der Waals surface area contributed by atoms with Gasteiger partial charge < -0.3 is 0 Å². The first-order chi connectivity index (χ1) is 7.56. The number of hydrogen-bond acceptors (Lipinski definition) is 1. The number of hydrogen-bond donors (Lipinski definition) is 0. The summed E-state index contributed by atoms with van der Waals surface area (Å²) in [7, 11) is 0. The number of rotatable bonds is 2. The number of pyridine rings is 1. The van der Waals surface area contributed by atoms with Crippen LogP contribution < -0.4 is 0 Å². The van der Waals surface area contributed by atoms with Crippen LogP contribution in [0.5, 0.6) is 0 Å². The van der Waals surface area contributed by atoms with E-state index in [0.29, 0.717) is 11.1 Å². The summed E-state index contributed by atoms with van der Waals surface area (Å²) in [4.78, 5) is 4.26. The maximum absolute atomic E-state index is 6.11. The Kier molecular flexibility index (Phi) is 3.15. The summed E-state index contributed by atoms with van der Waals surface area (Å²) in [5.74, 6) is 0.677. The van der Waals surface area contributed by atoms with Crippen LogP contribution in [0.25, 0.3) is 10.8 Å². The molecular formula is C14H16ClN. The molecule has 0 bridgehead atoms. The van der Waals surface area contributed by atoms with Gasteiger partial charge in [-0.15, -0.1) is 0 Å². The molecule has 1 aromatic heterocycles. The third-order valence-corrected chi connectivity index (χ3v) is 2.91. The fourth-order valence-corrected chi connectivity index (χ4v) is 2.30. The molecule has 2 aromatic rings. The molecule has 0 aliphatic carbocycles. The van der Waals surface area contributed by atoms with E-state index in [1.54, 1.807) is 0 Å². The Hall–Kier alpha value is -1.08. The zero-order chi connectivity index (χ0) is 11.7. The Labute approximate surface area is 101 Å². The molecule has 0 saturated heterocycles. The van der Waals surface area contributed by atoms with Crippen LogP contribution in [0.1, 0.15) is 25.1 Å². The zero-order valence-electron chi connectivity index (χ0n) is 9.92. The second kappa shape index (κ2) is 4.42. The Morgan fingerprint density at radius 2 is 2.00 bits per heavy atom. The fourth-order valence-electron chi connectivity index (χ4n) is 1.99. The molecule has 0 aliphatic rings. The van der Waals surface area contributed by atoms with Gasteiger partial charge in [0.05, 0.1) is 0 Å². The molecule has 0 unspecified atom stereocenters. The highest BCUT2D eigenvalue weighted by molar-refractivity contribution is 6.34. The van der Waals surface area contributed by atoms with Crippen LogP contribution in [0.2, 0.25) is 5.15 Å². The first kappa shape index (κ1) is 11.4. The summed E-state index contributed by atoms with van der Waals surface area (Å²) in [6.45, 7) is 6.43. The van der Waals surface area contributed by atoms with Crippen LogP contribution in [0, 0.1) is 12.8 Å². The molecule has 84 valence electrons. The molecule has 0 amide bonds. The summed E-state index contributed by atoms with van der Waals surface area (Å²) in [5.41, 5.74) is 2.34. The standard InChI is InChI=1S/C14H16ClN/c1-9(2)6-11-4-5-13-12(8-11)7-10(3)16-14(13)15/h4-5,7-9H,6H2,1-3H3. The lowest BCUT2D eigenvalue weighted by Gasteiger charge is -2.07. The van der Waals surface area contributed by atoms with Gasteiger partial charge in [-0.25, -0.2) is 4.98 Å². The maximum atomic E-state index is 6.11. The van der Waals surface area contributed by atoms with Crippen molar-refractivity contribution in [3.05, 3.63) is 40.7 Å². The van der Waals surface area contributed by atoms with E-state index in [-0.39, 0.29) is 0 Å². The van der Waals surface area contributed by atoms with Gasteiger partial charge in [-0.1, -0.05) is 43.6 Å². The van der Waals surface area contributed by atoms with E-state index < -0.39 is 0 Å². The second-order valence-corrected chi connectivity index (χ2v) is 5.07. The molecule has 1 aromatic carbocycles. The predicted molar refractivity (Wildman–Crippen MR) is 70.0 cm³/mol. The molecule has 0 radical (unpaired) electrons. The van der Waals surface area contributed by atoms with E-state index in [1.165, 1.54) is 10.9 Å². The average Bonchev–Trinajstić information content (AvgIpc) is 2.15.